The van der Waals surface area contributed by atoms with Crippen molar-refractivity contribution in [3.05, 3.63) is 42.1 Å². The van der Waals surface area contributed by atoms with Crippen molar-refractivity contribution < 1.29 is 9.90 Å². The highest BCUT2D eigenvalue weighted by Crippen LogP contribution is 2.13. The zero-order valence-corrected chi connectivity index (χ0v) is 9.55. The molecule has 88 valence electrons. The summed E-state index contributed by atoms with van der Waals surface area (Å²) in [4.78, 5) is 15.2. The summed E-state index contributed by atoms with van der Waals surface area (Å²) in [5.41, 5.74) is 1.85. The molecule has 17 heavy (non-hydrogen) atoms. The largest absolute Gasteiger partial charge is 0.480 e. The van der Waals surface area contributed by atoms with Crippen LogP contribution in [0.2, 0.25) is 0 Å². The molecule has 0 fully saturated rings. The molecular formula is C13H14N2O2. The van der Waals surface area contributed by atoms with Gasteiger partial charge in [-0.15, -0.1) is 0 Å². The second kappa shape index (κ2) is 4.93. The van der Waals surface area contributed by atoms with Crippen molar-refractivity contribution in [1.82, 2.24) is 10.3 Å². The van der Waals surface area contributed by atoms with E-state index in [-0.39, 0.29) is 0 Å². The third kappa shape index (κ3) is 2.60. The number of benzene rings is 1. The standard InChI is InChI=1S/C13H14N2O2/c1-14-12(13(16)17)7-9-6-10-4-2-3-5-11(10)15-8-9/h2-6,8,12,14H,7H2,1H3,(H,16,17)/t12-/m1/s1. The van der Waals surface area contributed by atoms with Gasteiger partial charge < -0.3 is 10.4 Å². The third-order valence-electron chi connectivity index (χ3n) is 2.73. The molecule has 4 nitrogen and oxygen atoms in total. The maximum Gasteiger partial charge on any atom is 0.321 e. The average molecular weight is 230 g/mol. The number of aromatic nitrogens is 1. The number of aliphatic carboxylic acids is 1. The lowest BCUT2D eigenvalue weighted by molar-refractivity contribution is -0.139. The minimum absolute atomic E-state index is 0.434. The smallest absolute Gasteiger partial charge is 0.321 e. The number of rotatable bonds is 4. The normalized spacial score (nSPS) is 12.5. The predicted octanol–water partition coefficient (Wildman–Crippen LogP) is 1.45. The van der Waals surface area contributed by atoms with Crippen molar-refractivity contribution >= 4 is 16.9 Å². The van der Waals surface area contributed by atoms with Gasteiger partial charge >= 0.3 is 5.97 Å². The highest BCUT2D eigenvalue weighted by Gasteiger charge is 2.15. The molecule has 1 atom stereocenters. The molecule has 0 saturated carbocycles. The Balaban J connectivity index is 2.27. The van der Waals surface area contributed by atoms with Crippen molar-refractivity contribution in [2.75, 3.05) is 7.05 Å². The van der Waals surface area contributed by atoms with E-state index < -0.39 is 12.0 Å². The van der Waals surface area contributed by atoms with Gasteiger partial charge in [0.05, 0.1) is 5.52 Å². The number of likely N-dealkylation sites (N-methyl/N-ethyl adjacent to an activating group) is 1. The van der Waals surface area contributed by atoms with Crippen LogP contribution in [0.4, 0.5) is 0 Å². The molecule has 2 rings (SSSR count). The van der Waals surface area contributed by atoms with E-state index in [1.54, 1.807) is 13.2 Å². The SMILES string of the molecule is CN[C@H](Cc1cnc2ccccc2c1)C(=O)O. The molecule has 0 aliphatic rings. The van der Waals surface area contributed by atoms with Crippen LogP contribution in [-0.2, 0) is 11.2 Å². The van der Waals surface area contributed by atoms with Gasteiger partial charge in [-0.2, -0.15) is 0 Å². The summed E-state index contributed by atoms with van der Waals surface area (Å²) in [6, 6.07) is 9.20. The Kier molecular flexibility index (Phi) is 3.35. The van der Waals surface area contributed by atoms with Crippen LogP contribution in [0.1, 0.15) is 5.56 Å². The number of nitrogens with zero attached hydrogens (tertiary/aromatic N) is 1. The molecule has 0 bridgehead atoms. The van der Waals surface area contributed by atoms with Gasteiger partial charge in [-0.05, 0) is 31.2 Å². The van der Waals surface area contributed by atoms with Crippen LogP contribution >= 0.6 is 0 Å². The third-order valence-corrected chi connectivity index (χ3v) is 2.73. The lowest BCUT2D eigenvalue weighted by Crippen LogP contribution is -2.35. The van der Waals surface area contributed by atoms with E-state index in [0.717, 1.165) is 16.5 Å². The van der Waals surface area contributed by atoms with Crippen molar-refractivity contribution in [3.63, 3.8) is 0 Å². The predicted molar refractivity (Wildman–Crippen MR) is 65.9 cm³/mol. The van der Waals surface area contributed by atoms with Crippen LogP contribution in [0.25, 0.3) is 10.9 Å². The summed E-state index contributed by atoms with van der Waals surface area (Å²) in [5, 5.41) is 12.8. The fourth-order valence-electron chi connectivity index (χ4n) is 1.78. The van der Waals surface area contributed by atoms with Gasteiger partial charge in [0, 0.05) is 11.6 Å². The number of para-hydroxylation sites is 1. The number of carboxylic acids is 1. The van der Waals surface area contributed by atoms with Crippen LogP contribution < -0.4 is 5.32 Å². The first-order chi connectivity index (χ1) is 8.20. The Labute approximate surface area is 99.3 Å². The van der Waals surface area contributed by atoms with Crippen LogP contribution in [0, 0.1) is 0 Å². The second-order valence-corrected chi connectivity index (χ2v) is 3.92. The van der Waals surface area contributed by atoms with Gasteiger partial charge in [0.25, 0.3) is 0 Å². The fourth-order valence-corrected chi connectivity index (χ4v) is 1.78. The molecule has 0 aliphatic heterocycles. The number of pyridine rings is 1. The van der Waals surface area contributed by atoms with Crippen molar-refractivity contribution in [3.8, 4) is 0 Å². The monoisotopic (exact) mass is 230 g/mol. The molecule has 0 unspecified atom stereocenters. The highest BCUT2D eigenvalue weighted by molar-refractivity contribution is 5.79. The number of carboxylic acid groups (broad SMARTS) is 1. The Bertz CT molecular complexity index is 540. The molecule has 2 N–H and O–H groups in total. The molecule has 2 aromatic rings. The second-order valence-electron chi connectivity index (χ2n) is 3.92. The molecule has 1 heterocycles. The summed E-state index contributed by atoms with van der Waals surface area (Å²) in [7, 11) is 1.65. The van der Waals surface area contributed by atoms with E-state index in [0.29, 0.717) is 6.42 Å². The van der Waals surface area contributed by atoms with Crippen molar-refractivity contribution in [1.29, 1.82) is 0 Å². The van der Waals surface area contributed by atoms with Gasteiger partial charge in [0.15, 0.2) is 0 Å². The maximum absolute atomic E-state index is 10.9. The molecule has 0 aliphatic carbocycles. The van der Waals surface area contributed by atoms with E-state index in [4.69, 9.17) is 5.11 Å². The minimum atomic E-state index is -0.847. The first-order valence-electron chi connectivity index (χ1n) is 5.44. The molecule has 0 saturated heterocycles. The number of hydrogen-bond acceptors (Lipinski definition) is 3. The van der Waals surface area contributed by atoms with Gasteiger partial charge in [0.2, 0.25) is 0 Å². The zero-order valence-electron chi connectivity index (χ0n) is 9.55. The number of hydrogen-bond donors (Lipinski definition) is 2. The first kappa shape index (κ1) is 11.5. The number of nitrogens with one attached hydrogen (secondary N) is 1. The van der Waals surface area contributed by atoms with Gasteiger partial charge in [0.1, 0.15) is 6.04 Å². The summed E-state index contributed by atoms with van der Waals surface area (Å²) in [5.74, 6) is -0.847. The van der Waals surface area contributed by atoms with Gasteiger partial charge in [-0.25, -0.2) is 0 Å². The van der Waals surface area contributed by atoms with E-state index in [9.17, 15) is 4.79 Å². The van der Waals surface area contributed by atoms with Crippen molar-refractivity contribution in [2.45, 2.75) is 12.5 Å². The van der Waals surface area contributed by atoms with Crippen molar-refractivity contribution in [2.24, 2.45) is 0 Å². The molecule has 4 heteroatoms. The summed E-state index contributed by atoms with van der Waals surface area (Å²) in [6.45, 7) is 0. The van der Waals surface area contributed by atoms with Crippen LogP contribution in [0.5, 0.6) is 0 Å². The van der Waals surface area contributed by atoms with Crippen LogP contribution in [-0.4, -0.2) is 29.1 Å². The molecule has 1 aromatic heterocycles. The van der Waals surface area contributed by atoms with Gasteiger partial charge in [-0.1, -0.05) is 18.2 Å². The van der Waals surface area contributed by atoms with E-state index in [2.05, 4.69) is 10.3 Å². The average Bonchev–Trinajstić information content (AvgIpc) is 2.35. The molecule has 0 amide bonds. The quantitative estimate of drug-likeness (QED) is 0.834. The lowest BCUT2D eigenvalue weighted by atomic mass is 10.1. The first-order valence-corrected chi connectivity index (χ1v) is 5.44. The lowest BCUT2D eigenvalue weighted by Gasteiger charge is -2.11. The molecule has 0 spiro atoms. The topological polar surface area (TPSA) is 62.2 Å². The Morgan fingerprint density at radius 2 is 2.24 bits per heavy atom. The molecule has 1 aromatic carbocycles. The van der Waals surface area contributed by atoms with Crippen LogP contribution in [0.3, 0.4) is 0 Å². The fraction of sp³-hybridized carbons (Fsp3) is 0.231. The maximum atomic E-state index is 10.9. The zero-order chi connectivity index (χ0) is 12.3. The van der Waals surface area contributed by atoms with Gasteiger partial charge in [-0.3, -0.25) is 9.78 Å². The van der Waals surface area contributed by atoms with E-state index >= 15 is 0 Å². The summed E-state index contributed by atoms with van der Waals surface area (Å²) in [6.07, 6.45) is 2.17. The minimum Gasteiger partial charge on any atom is -0.480 e. The highest BCUT2D eigenvalue weighted by atomic mass is 16.4. The Morgan fingerprint density at radius 1 is 1.47 bits per heavy atom. The van der Waals surface area contributed by atoms with Crippen LogP contribution in [0.15, 0.2) is 36.5 Å². The summed E-state index contributed by atoms with van der Waals surface area (Å²) >= 11 is 0. The summed E-state index contributed by atoms with van der Waals surface area (Å²) < 4.78 is 0. The number of fused-ring (bicyclic) bond motifs is 1. The molecular weight excluding hydrogens is 216 g/mol. The Morgan fingerprint density at radius 3 is 2.94 bits per heavy atom. The molecule has 0 radical (unpaired) electrons. The number of carbonyl (C=O) groups is 1. The van der Waals surface area contributed by atoms with E-state index in [1.165, 1.54) is 0 Å². The van der Waals surface area contributed by atoms with E-state index in [1.807, 2.05) is 30.3 Å². The Hall–Kier alpha value is -1.94.